The summed E-state index contributed by atoms with van der Waals surface area (Å²) in [5.41, 5.74) is 3.03. The molecule has 0 unspecified atom stereocenters. The molecule has 1 fully saturated rings. The van der Waals surface area contributed by atoms with E-state index in [9.17, 15) is 9.18 Å². The number of aromatic amines is 1. The van der Waals surface area contributed by atoms with Crippen molar-refractivity contribution in [1.82, 2.24) is 10.3 Å². The van der Waals surface area contributed by atoms with E-state index < -0.39 is 0 Å². The van der Waals surface area contributed by atoms with Crippen LogP contribution >= 0.6 is 0 Å². The number of hydrogen-bond donors (Lipinski definition) is 2. The van der Waals surface area contributed by atoms with Gasteiger partial charge in [0.1, 0.15) is 17.7 Å². The summed E-state index contributed by atoms with van der Waals surface area (Å²) in [5, 5.41) is 4.15. The summed E-state index contributed by atoms with van der Waals surface area (Å²) in [4.78, 5) is 16.1. The van der Waals surface area contributed by atoms with E-state index >= 15 is 0 Å². The Balaban J connectivity index is 1.45. The van der Waals surface area contributed by atoms with Gasteiger partial charge in [-0.3, -0.25) is 4.79 Å². The van der Waals surface area contributed by atoms with Crippen molar-refractivity contribution in [1.29, 1.82) is 0 Å². The molecule has 146 valence electrons. The van der Waals surface area contributed by atoms with Crippen LogP contribution in [0.2, 0.25) is 0 Å². The zero-order valence-corrected chi connectivity index (χ0v) is 15.7. The number of carbonyl (C=O) groups is 1. The fourth-order valence-corrected chi connectivity index (χ4v) is 3.69. The third-order valence-electron chi connectivity index (χ3n) is 5.10. The van der Waals surface area contributed by atoms with E-state index in [0.717, 1.165) is 22.2 Å². The highest BCUT2D eigenvalue weighted by Gasteiger charge is 2.29. The summed E-state index contributed by atoms with van der Waals surface area (Å²) in [7, 11) is 0. The van der Waals surface area contributed by atoms with Crippen molar-refractivity contribution in [2.24, 2.45) is 0 Å². The van der Waals surface area contributed by atoms with Crippen molar-refractivity contribution in [2.45, 2.75) is 31.9 Å². The molecule has 4 rings (SSSR count). The number of amides is 1. The molecule has 0 spiro atoms. The van der Waals surface area contributed by atoms with Gasteiger partial charge < -0.3 is 19.8 Å². The van der Waals surface area contributed by atoms with Crippen molar-refractivity contribution in [2.75, 3.05) is 13.2 Å². The SMILES string of the molecule is Cc1[nH]c2ccccc2c1CC(=O)N[C@@H]1CCOC[C@H]1Oc1cccc(F)c1. The molecule has 2 heterocycles. The van der Waals surface area contributed by atoms with Gasteiger partial charge in [0.15, 0.2) is 0 Å². The minimum atomic E-state index is -0.358. The van der Waals surface area contributed by atoms with Crippen LogP contribution in [0.4, 0.5) is 4.39 Å². The van der Waals surface area contributed by atoms with Crippen molar-refractivity contribution >= 4 is 16.8 Å². The Labute approximate surface area is 162 Å². The van der Waals surface area contributed by atoms with Crippen molar-refractivity contribution in [3.63, 3.8) is 0 Å². The van der Waals surface area contributed by atoms with Crippen LogP contribution in [0.5, 0.6) is 5.75 Å². The number of rotatable bonds is 5. The molecule has 0 bridgehead atoms. The molecule has 0 saturated carbocycles. The Kier molecular flexibility index (Phi) is 5.30. The number of fused-ring (bicyclic) bond motifs is 1. The number of carbonyl (C=O) groups excluding carboxylic acids is 1. The first-order chi connectivity index (χ1) is 13.6. The third-order valence-corrected chi connectivity index (χ3v) is 5.10. The predicted octanol–water partition coefficient (Wildman–Crippen LogP) is 3.51. The molecule has 2 N–H and O–H groups in total. The summed E-state index contributed by atoms with van der Waals surface area (Å²) in [6.07, 6.45) is 0.585. The van der Waals surface area contributed by atoms with Crippen LogP contribution in [-0.2, 0) is 16.0 Å². The predicted molar refractivity (Wildman–Crippen MR) is 105 cm³/mol. The smallest absolute Gasteiger partial charge is 0.224 e. The first-order valence-electron chi connectivity index (χ1n) is 9.45. The first kappa shape index (κ1) is 18.5. The second-order valence-electron chi connectivity index (χ2n) is 7.10. The number of para-hydroxylation sites is 1. The maximum atomic E-state index is 13.4. The first-order valence-corrected chi connectivity index (χ1v) is 9.45. The standard InChI is InChI=1S/C22H23FN2O3/c1-14-18(17-7-2-3-8-19(17)24-14)12-22(26)25-20-9-10-27-13-21(20)28-16-6-4-5-15(23)11-16/h2-8,11,20-21,24H,9-10,12-13H2,1H3,(H,25,26)/t20-,21-/m1/s1. The fraction of sp³-hybridized carbons (Fsp3) is 0.318. The van der Waals surface area contributed by atoms with Crippen molar-refractivity contribution in [3.8, 4) is 5.75 Å². The van der Waals surface area contributed by atoms with Gasteiger partial charge in [0.05, 0.1) is 19.1 Å². The lowest BCUT2D eigenvalue weighted by Gasteiger charge is -2.32. The van der Waals surface area contributed by atoms with Gasteiger partial charge in [-0.05, 0) is 37.1 Å². The number of halogens is 1. The fourth-order valence-electron chi connectivity index (χ4n) is 3.69. The number of aryl methyl sites for hydroxylation is 1. The minimum absolute atomic E-state index is 0.0624. The van der Waals surface area contributed by atoms with Gasteiger partial charge in [0.25, 0.3) is 0 Å². The number of aromatic nitrogens is 1. The number of hydrogen-bond acceptors (Lipinski definition) is 3. The van der Waals surface area contributed by atoms with Gasteiger partial charge in [-0.2, -0.15) is 0 Å². The number of ether oxygens (including phenoxy) is 2. The molecule has 28 heavy (non-hydrogen) atoms. The molecule has 2 atom stereocenters. The highest BCUT2D eigenvalue weighted by atomic mass is 19.1. The Morgan fingerprint density at radius 3 is 3.00 bits per heavy atom. The molecule has 6 heteroatoms. The van der Waals surface area contributed by atoms with E-state index in [1.165, 1.54) is 12.1 Å². The summed E-state index contributed by atoms with van der Waals surface area (Å²) in [5.74, 6) is 0.0134. The summed E-state index contributed by atoms with van der Waals surface area (Å²) < 4.78 is 24.8. The zero-order chi connectivity index (χ0) is 19.5. The normalized spacial score (nSPS) is 19.5. The Morgan fingerprint density at radius 2 is 2.14 bits per heavy atom. The van der Waals surface area contributed by atoms with Gasteiger partial charge in [-0.1, -0.05) is 24.3 Å². The molecule has 1 saturated heterocycles. The summed E-state index contributed by atoms with van der Waals surface area (Å²) in [6, 6.07) is 13.8. The monoisotopic (exact) mass is 382 g/mol. The van der Waals surface area contributed by atoms with Crippen LogP contribution in [0, 0.1) is 12.7 Å². The molecule has 2 aromatic carbocycles. The van der Waals surface area contributed by atoms with Gasteiger partial charge in [0.2, 0.25) is 5.91 Å². The van der Waals surface area contributed by atoms with Crippen LogP contribution in [0.1, 0.15) is 17.7 Å². The Morgan fingerprint density at radius 1 is 1.29 bits per heavy atom. The largest absolute Gasteiger partial charge is 0.486 e. The van der Waals surface area contributed by atoms with Crippen LogP contribution in [0.25, 0.3) is 10.9 Å². The van der Waals surface area contributed by atoms with E-state index in [2.05, 4.69) is 10.3 Å². The van der Waals surface area contributed by atoms with Gasteiger partial charge >= 0.3 is 0 Å². The van der Waals surface area contributed by atoms with Gasteiger partial charge in [-0.25, -0.2) is 4.39 Å². The number of H-pyrrole nitrogens is 1. The Hall–Kier alpha value is -2.86. The lowest BCUT2D eigenvalue weighted by molar-refractivity contribution is -0.123. The second kappa shape index (κ2) is 8.02. The summed E-state index contributed by atoms with van der Waals surface area (Å²) >= 11 is 0. The third kappa shape index (κ3) is 4.02. The number of benzene rings is 2. The lowest BCUT2D eigenvalue weighted by Crippen LogP contribution is -2.51. The molecule has 1 aliphatic heterocycles. The zero-order valence-electron chi connectivity index (χ0n) is 15.7. The highest BCUT2D eigenvalue weighted by molar-refractivity contribution is 5.90. The molecule has 3 aromatic rings. The highest BCUT2D eigenvalue weighted by Crippen LogP contribution is 2.23. The van der Waals surface area contributed by atoms with Crippen molar-refractivity contribution < 1.29 is 18.7 Å². The lowest BCUT2D eigenvalue weighted by atomic mass is 10.0. The average Bonchev–Trinajstić information content (AvgIpc) is 2.99. The minimum Gasteiger partial charge on any atom is -0.486 e. The van der Waals surface area contributed by atoms with E-state index in [1.807, 2.05) is 31.2 Å². The molecule has 1 aromatic heterocycles. The van der Waals surface area contributed by atoms with Gasteiger partial charge in [-0.15, -0.1) is 0 Å². The molecule has 0 radical (unpaired) electrons. The average molecular weight is 382 g/mol. The molecular weight excluding hydrogens is 359 g/mol. The van der Waals surface area contributed by atoms with Crippen LogP contribution in [-0.4, -0.2) is 36.3 Å². The molecular formula is C22H23FN2O3. The molecule has 1 aliphatic rings. The van der Waals surface area contributed by atoms with Crippen molar-refractivity contribution in [3.05, 3.63) is 65.6 Å². The van der Waals surface area contributed by atoms with E-state index in [1.54, 1.807) is 12.1 Å². The molecule has 1 amide bonds. The molecule has 0 aliphatic carbocycles. The molecule has 5 nitrogen and oxygen atoms in total. The van der Waals surface area contributed by atoms with E-state index in [4.69, 9.17) is 9.47 Å². The Bertz CT molecular complexity index is 985. The van der Waals surface area contributed by atoms with Gasteiger partial charge in [0, 0.05) is 29.3 Å². The maximum Gasteiger partial charge on any atom is 0.224 e. The number of nitrogens with one attached hydrogen (secondary N) is 2. The topological polar surface area (TPSA) is 63.4 Å². The summed E-state index contributed by atoms with van der Waals surface area (Å²) in [6.45, 7) is 2.89. The van der Waals surface area contributed by atoms with Crippen LogP contribution in [0.15, 0.2) is 48.5 Å². The van der Waals surface area contributed by atoms with E-state index in [0.29, 0.717) is 31.8 Å². The maximum absolute atomic E-state index is 13.4. The van der Waals surface area contributed by atoms with Crippen LogP contribution in [0.3, 0.4) is 0 Å². The second-order valence-corrected chi connectivity index (χ2v) is 7.10. The quantitative estimate of drug-likeness (QED) is 0.710. The van der Waals surface area contributed by atoms with Crippen LogP contribution < -0.4 is 10.1 Å². The van der Waals surface area contributed by atoms with E-state index in [-0.39, 0.29) is 23.9 Å².